The van der Waals surface area contributed by atoms with E-state index in [1.54, 1.807) is 6.08 Å². The van der Waals surface area contributed by atoms with Crippen molar-refractivity contribution >= 4 is 6.21 Å². The van der Waals surface area contributed by atoms with Gasteiger partial charge in [0.05, 0.1) is 0 Å². The summed E-state index contributed by atoms with van der Waals surface area (Å²) in [7, 11) is 0. The van der Waals surface area contributed by atoms with Crippen LogP contribution in [-0.2, 0) is 0 Å². The highest BCUT2D eigenvalue weighted by atomic mass is 14.3. The van der Waals surface area contributed by atoms with Crippen molar-refractivity contribution in [1.82, 2.24) is 0 Å². The molecule has 0 bridgehead atoms. The van der Waals surface area contributed by atoms with Crippen molar-refractivity contribution in [3.8, 4) is 0 Å². The van der Waals surface area contributed by atoms with Crippen molar-refractivity contribution in [3.63, 3.8) is 0 Å². The van der Waals surface area contributed by atoms with E-state index in [4.69, 9.17) is 5.41 Å². The van der Waals surface area contributed by atoms with Gasteiger partial charge in [0.2, 0.25) is 0 Å². The molecule has 0 heterocycles. The van der Waals surface area contributed by atoms with Gasteiger partial charge in [-0.2, -0.15) is 0 Å². The molecule has 0 aromatic carbocycles. The van der Waals surface area contributed by atoms with Crippen LogP contribution in [0.1, 0.15) is 20.8 Å². The summed E-state index contributed by atoms with van der Waals surface area (Å²) in [5.41, 5.74) is 2.17. The second-order valence-electron chi connectivity index (χ2n) is 2.64. The fraction of sp³-hybridized carbons (Fsp3) is 0.444. The van der Waals surface area contributed by atoms with Gasteiger partial charge in [-0.15, -0.1) is 0 Å². The van der Waals surface area contributed by atoms with E-state index in [2.05, 4.69) is 20.4 Å². The summed E-state index contributed by atoms with van der Waals surface area (Å²) in [5.74, 6) is 0.509. The van der Waals surface area contributed by atoms with Crippen LogP contribution in [0.25, 0.3) is 0 Å². The molecule has 0 aliphatic rings. The van der Waals surface area contributed by atoms with E-state index in [0.29, 0.717) is 5.92 Å². The van der Waals surface area contributed by atoms with Gasteiger partial charge in [0.1, 0.15) is 0 Å². The van der Waals surface area contributed by atoms with Crippen LogP contribution >= 0.6 is 0 Å². The third kappa shape index (κ3) is 2.18. The number of allylic oxidation sites excluding steroid dienone is 3. The monoisotopic (exact) mass is 137 g/mol. The van der Waals surface area contributed by atoms with Crippen molar-refractivity contribution < 1.29 is 0 Å². The molecule has 0 fully saturated rings. The lowest BCUT2D eigenvalue weighted by Gasteiger charge is -2.06. The maximum absolute atomic E-state index is 7.03. The van der Waals surface area contributed by atoms with Crippen molar-refractivity contribution in [2.75, 3.05) is 0 Å². The number of nitrogens with one attached hydrogen (secondary N) is 1. The van der Waals surface area contributed by atoms with Gasteiger partial charge < -0.3 is 5.41 Å². The van der Waals surface area contributed by atoms with Crippen molar-refractivity contribution in [3.05, 3.63) is 23.8 Å². The van der Waals surface area contributed by atoms with E-state index in [9.17, 15) is 0 Å². The largest absolute Gasteiger partial charge is 0.308 e. The van der Waals surface area contributed by atoms with Gasteiger partial charge in [-0.05, 0) is 18.4 Å². The Morgan fingerprint density at radius 1 is 1.50 bits per heavy atom. The molecule has 56 valence electrons. The van der Waals surface area contributed by atoms with E-state index in [0.717, 1.165) is 5.57 Å². The lowest BCUT2D eigenvalue weighted by molar-refractivity contribution is 0.766. The van der Waals surface area contributed by atoms with Gasteiger partial charge >= 0.3 is 0 Å². The van der Waals surface area contributed by atoms with E-state index in [1.807, 2.05) is 6.92 Å². The Morgan fingerprint density at radius 3 is 2.10 bits per heavy atom. The van der Waals surface area contributed by atoms with Crippen LogP contribution in [0, 0.1) is 11.3 Å². The molecule has 0 rings (SSSR count). The summed E-state index contributed by atoms with van der Waals surface area (Å²) in [4.78, 5) is 0. The van der Waals surface area contributed by atoms with Crippen LogP contribution in [-0.4, -0.2) is 6.21 Å². The van der Waals surface area contributed by atoms with Crippen LogP contribution in [0.3, 0.4) is 0 Å². The zero-order valence-corrected chi connectivity index (χ0v) is 6.94. The van der Waals surface area contributed by atoms with Gasteiger partial charge in [0.25, 0.3) is 0 Å². The molecule has 0 aromatic rings. The summed E-state index contributed by atoms with van der Waals surface area (Å²) < 4.78 is 0. The second kappa shape index (κ2) is 4.04. The zero-order valence-electron chi connectivity index (χ0n) is 6.94. The quantitative estimate of drug-likeness (QED) is 0.457. The third-order valence-electron chi connectivity index (χ3n) is 1.70. The Bertz CT molecular complexity index is 154. The molecular formula is C9H15N. The molecule has 1 nitrogen and oxygen atoms in total. The van der Waals surface area contributed by atoms with Gasteiger partial charge in [-0.3, -0.25) is 0 Å². The predicted molar refractivity (Wildman–Crippen MR) is 46.5 cm³/mol. The molecule has 0 saturated heterocycles. The van der Waals surface area contributed by atoms with E-state index < -0.39 is 0 Å². The Kier molecular flexibility index (Phi) is 3.70. The molecule has 0 saturated carbocycles. The molecule has 1 heteroatoms. The predicted octanol–water partition coefficient (Wildman–Crippen LogP) is 2.79. The normalized spacial score (nSPS) is 12.8. The maximum Gasteiger partial charge on any atom is 0.0249 e. The summed E-state index contributed by atoms with van der Waals surface area (Å²) in [6.45, 7) is 9.89. The van der Waals surface area contributed by atoms with Crippen LogP contribution in [0.2, 0.25) is 0 Å². The highest BCUT2D eigenvalue weighted by Crippen LogP contribution is 2.12. The van der Waals surface area contributed by atoms with Gasteiger partial charge in [-0.25, -0.2) is 0 Å². The van der Waals surface area contributed by atoms with E-state index in [1.165, 1.54) is 11.8 Å². The van der Waals surface area contributed by atoms with Crippen molar-refractivity contribution in [2.45, 2.75) is 20.8 Å². The maximum atomic E-state index is 7.03. The molecule has 0 aliphatic carbocycles. The minimum absolute atomic E-state index is 0.509. The topological polar surface area (TPSA) is 23.9 Å². The van der Waals surface area contributed by atoms with Crippen LogP contribution in [0.15, 0.2) is 23.8 Å². The van der Waals surface area contributed by atoms with Crippen molar-refractivity contribution in [2.24, 2.45) is 5.92 Å². The highest BCUT2D eigenvalue weighted by molar-refractivity contribution is 5.80. The zero-order chi connectivity index (χ0) is 8.15. The third-order valence-corrected chi connectivity index (χ3v) is 1.70. The Balaban J connectivity index is 4.58. The Labute approximate surface area is 63.0 Å². The molecule has 0 spiro atoms. The lowest BCUT2D eigenvalue weighted by Crippen LogP contribution is -1.94. The first-order valence-corrected chi connectivity index (χ1v) is 3.47. The smallest absolute Gasteiger partial charge is 0.0249 e. The summed E-state index contributed by atoms with van der Waals surface area (Å²) in [5, 5.41) is 7.03. The average Bonchev–Trinajstić information content (AvgIpc) is 1.90. The fourth-order valence-electron chi connectivity index (χ4n) is 0.667. The molecule has 0 unspecified atom stereocenters. The highest BCUT2D eigenvalue weighted by Gasteiger charge is 1.99. The molecule has 0 radical (unpaired) electrons. The first kappa shape index (κ1) is 9.15. The minimum atomic E-state index is 0.509. The molecule has 0 aromatic heterocycles. The van der Waals surface area contributed by atoms with E-state index in [-0.39, 0.29) is 0 Å². The van der Waals surface area contributed by atoms with Crippen LogP contribution in [0.4, 0.5) is 0 Å². The van der Waals surface area contributed by atoms with Crippen LogP contribution < -0.4 is 0 Å². The second-order valence-corrected chi connectivity index (χ2v) is 2.64. The van der Waals surface area contributed by atoms with E-state index >= 15 is 0 Å². The summed E-state index contributed by atoms with van der Waals surface area (Å²) in [6.07, 6.45) is 3.07. The lowest BCUT2D eigenvalue weighted by atomic mass is 10.00. The molecule has 0 aliphatic heterocycles. The number of hydrogen-bond donors (Lipinski definition) is 1. The average molecular weight is 137 g/mol. The van der Waals surface area contributed by atoms with Gasteiger partial charge in [0, 0.05) is 6.21 Å². The molecule has 1 N–H and O–H groups in total. The SMILES string of the molecule is C=C/C(C=N)=C(\C)C(C)C. The van der Waals surface area contributed by atoms with Crippen LogP contribution in [0.5, 0.6) is 0 Å². The number of rotatable bonds is 3. The molecule has 0 amide bonds. The first-order valence-electron chi connectivity index (χ1n) is 3.47. The fourth-order valence-corrected chi connectivity index (χ4v) is 0.667. The Hall–Kier alpha value is -0.850. The van der Waals surface area contributed by atoms with Gasteiger partial charge in [0.15, 0.2) is 0 Å². The standard InChI is InChI=1S/C9H15N/c1-5-9(6-10)8(4)7(2)3/h5-7,10H,1H2,2-4H3/b9-8-,10-6?. The van der Waals surface area contributed by atoms with Crippen molar-refractivity contribution in [1.29, 1.82) is 5.41 Å². The minimum Gasteiger partial charge on any atom is -0.308 e. The molecule has 10 heavy (non-hydrogen) atoms. The van der Waals surface area contributed by atoms with Gasteiger partial charge in [-0.1, -0.05) is 32.1 Å². The summed E-state index contributed by atoms with van der Waals surface area (Å²) in [6, 6.07) is 0. The number of hydrogen-bond acceptors (Lipinski definition) is 1. The molecule has 0 atom stereocenters. The summed E-state index contributed by atoms with van der Waals surface area (Å²) >= 11 is 0. The molecular weight excluding hydrogens is 122 g/mol. The first-order chi connectivity index (χ1) is 4.63. The Morgan fingerprint density at radius 2 is 2.00 bits per heavy atom.